The lowest BCUT2D eigenvalue weighted by Crippen LogP contribution is -2.54. The summed E-state index contributed by atoms with van der Waals surface area (Å²) in [6.07, 6.45) is 0.844. The topological polar surface area (TPSA) is 413 Å². The zero-order valence-corrected chi connectivity index (χ0v) is 53.4. The number of benzene rings is 4. The number of aliphatic carboxylic acids is 1. The Labute approximate surface area is 550 Å². The van der Waals surface area contributed by atoms with Gasteiger partial charge in [-0.15, -0.1) is 11.6 Å². The number of unbranched alkanes of at least 4 members (excludes halogenated alkanes) is 1. The molecule has 30 heteroatoms. The molecule has 9 amide bonds. The Morgan fingerprint density at radius 3 is 2.24 bits per heavy atom. The fraction of sp³-hybridized carbons (Fsp3) is 0.369. The molecule has 95 heavy (non-hydrogen) atoms. The van der Waals surface area contributed by atoms with Gasteiger partial charge in [0.15, 0.2) is 6.35 Å². The van der Waals surface area contributed by atoms with E-state index in [2.05, 4.69) is 36.6 Å². The molecule has 0 bridgehead atoms. The smallest absolute Gasteiger partial charge is 0.415 e. The Morgan fingerprint density at radius 2 is 1.56 bits per heavy atom. The number of rotatable bonds is 30. The predicted octanol–water partition coefficient (Wildman–Crippen LogP) is 5.32. The molecule has 0 saturated carbocycles. The van der Waals surface area contributed by atoms with Gasteiger partial charge in [-0.2, -0.15) is 0 Å². The lowest BCUT2D eigenvalue weighted by molar-refractivity contribution is -0.139. The number of alkyl halides is 1. The summed E-state index contributed by atoms with van der Waals surface area (Å²) in [4.78, 5) is 144. The molecule has 4 heterocycles. The number of carboxylic acid groups (broad SMARTS) is 1. The van der Waals surface area contributed by atoms with Gasteiger partial charge in [0.2, 0.25) is 11.8 Å². The van der Waals surface area contributed by atoms with Gasteiger partial charge >= 0.3 is 24.2 Å². The van der Waals surface area contributed by atoms with Crippen LogP contribution in [0.4, 0.5) is 31.4 Å². The van der Waals surface area contributed by atoms with Crippen LogP contribution in [0.25, 0.3) is 21.8 Å². The number of aliphatic hydroxyl groups is 1. The number of alkyl carbamates (subject to hydrolysis) is 1. The number of nitrogens with two attached hydrogens (primary N) is 2. The maximum atomic E-state index is 14.7. The lowest BCUT2D eigenvalue weighted by atomic mass is 9.92. The maximum absolute atomic E-state index is 14.7. The van der Waals surface area contributed by atoms with Crippen LogP contribution >= 0.6 is 11.6 Å². The van der Waals surface area contributed by atoms with Gasteiger partial charge < -0.3 is 76.2 Å². The Kier molecular flexibility index (Phi) is 24.2. The number of aromatic amines is 1. The molecule has 0 fully saturated rings. The van der Waals surface area contributed by atoms with Crippen molar-refractivity contribution < 1.29 is 77.5 Å². The third kappa shape index (κ3) is 18.6. The third-order valence-corrected chi connectivity index (χ3v) is 16.2. The number of carbonyl (C=O) groups is 10. The SMILES string of the molecule is Cc1cccc2c(OC(=O)N(CCCC[C@H](N)C(=O)O)CCN(C)C(=O)OCc3ccc(NC(=O)[C@H](CCCNC(N)O)NC(=O)[C@@H](NC(=O)OCCN4C(=O)C=CC4=O)C(C)C)cc3)cc3c(c12)[C@H](CCl)CN3C(=O)c1cc2cc(NC(=O)c3ccc(O)cc3)cnc2[nH]1. The van der Waals surface area contributed by atoms with Crippen molar-refractivity contribution >= 4 is 110 Å². The second-order valence-electron chi connectivity index (χ2n) is 23.1. The molecule has 8 rings (SSSR count). The third-order valence-electron chi connectivity index (χ3n) is 15.9. The molecule has 0 radical (unpaired) electrons. The summed E-state index contributed by atoms with van der Waals surface area (Å²) in [6, 6.07) is 19.0. The number of imide groups is 1. The van der Waals surface area contributed by atoms with Crippen LogP contribution in [0.5, 0.6) is 11.5 Å². The Morgan fingerprint density at radius 1 is 0.832 bits per heavy atom. The minimum atomic E-state index is -1.33. The van der Waals surface area contributed by atoms with Crippen molar-refractivity contribution in [2.45, 2.75) is 89.9 Å². The van der Waals surface area contributed by atoms with Gasteiger partial charge in [-0.25, -0.2) is 19.4 Å². The highest BCUT2D eigenvalue weighted by Crippen LogP contribution is 2.47. The number of halogens is 1. The number of ether oxygens (including phenoxy) is 3. The number of nitrogens with zero attached hydrogens (tertiary/aromatic N) is 5. The monoisotopic (exact) mass is 1330 g/mol. The first-order valence-electron chi connectivity index (χ1n) is 30.6. The number of pyridine rings is 1. The van der Waals surface area contributed by atoms with E-state index in [1.807, 2.05) is 19.1 Å². The molecule has 504 valence electrons. The van der Waals surface area contributed by atoms with E-state index in [1.165, 1.54) is 47.3 Å². The summed E-state index contributed by atoms with van der Waals surface area (Å²) >= 11 is 6.66. The van der Waals surface area contributed by atoms with Gasteiger partial charge in [0.05, 0.1) is 24.1 Å². The number of hydrogen-bond donors (Lipinski definition) is 11. The van der Waals surface area contributed by atoms with Gasteiger partial charge in [-0.05, 0) is 122 Å². The quantitative estimate of drug-likeness (QED) is 0.0118. The molecule has 1 unspecified atom stereocenters. The molecule has 0 spiro atoms. The van der Waals surface area contributed by atoms with Crippen molar-refractivity contribution in [3.05, 3.63) is 131 Å². The van der Waals surface area contributed by atoms with Crippen LogP contribution in [0, 0.1) is 12.8 Å². The number of aryl methyl sites for hydroxylation is 1. The summed E-state index contributed by atoms with van der Waals surface area (Å²) in [7, 11) is 1.48. The molecule has 6 aromatic rings. The number of fused-ring (bicyclic) bond motifs is 4. The van der Waals surface area contributed by atoms with E-state index in [0.29, 0.717) is 57.5 Å². The number of carboxylic acids is 1. The molecule has 0 aliphatic carbocycles. The first-order valence-corrected chi connectivity index (χ1v) is 31.1. The number of anilines is 3. The zero-order valence-electron chi connectivity index (χ0n) is 52.6. The second kappa shape index (κ2) is 32.6. The molecule has 0 saturated heterocycles. The van der Waals surface area contributed by atoms with Crippen molar-refractivity contribution in [3.63, 3.8) is 0 Å². The van der Waals surface area contributed by atoms with E-state index in [-0.39, 0.29) is 101 Å². The molecule has 2 aromatic heterocycles. The minimum absolute atomic E-state index is 0.0100. The average Bonchev–Trinajstić information content (AvgIpc) is 1.63. The minimum Gasteiger partial charge on any atom is -0.508 e. The normalized spacial score (nSPS) is 14.6. The maximum Gasteiger partial charge on any atom is 0.415 e. The molecule has 29 nitrogen and oxygen atoms in total. The van der Waals surface area contributed by atoms with Crippen LogP contribution in [0.3, 0.4) is 0 Å². The number of phenolic OH excluding ortho intramolecular Hbond substituents is 1. The highest BCUT2D eigenvalue weighted by atomic mass is 35.5. The van der Waals surface area contributed by atoms with E-state index in [0.717, 1.165) is 33.6 Å². The average molecular weight is 1330 g/mol. The molecular weight excluding hydrogens is 1250 g/mol. The Bertz CT molecular complexity index is 3850. The van der Waals surface area contributed by atoms with Crippen molar-refractivity contribution in [2.24, 2.45) is 17.4 Å². The molecule has 4 aromatic carbocycles. The number of aromatic hydroxyl groups is 1. The fourth-order valence-corrected chi connectivity index (χ4v) is 10.9. The number of hydrogen-bond acceptors (Lipinski definition) is 19. The van der Waals surface area contributed by atoms with Crippen LogP contribution < -0.4 is 47.7 Å². The van der Waals surface area contributed by atoms with Crippen molar-refractivity contribution in [3.8, 4) is 11.5 Å². The lowest BCUT2D eigenvalue weighted by Gasteiger charge is -2.26. The predicted molar refractivity (Wildman–Crippen MR) is 349 cm³/mol. The van der Waals surface area contributed by atoms with Gasteiger partial charge in [0.1, 0.15) is 54.2 Å². The van der Waals surface area contributed by atoms with Crippen molar-refractivity contribution in [1.29, 1.82) is 0 Å². The van der Waals surface area contributed by atoms with Gasteiger partial charge in [-0.1, -0.05) is 44.2 Å². The van der Waals surface area contributed by atoms with Crippen LogP contribution in [0.2, 0.25) is 0 Å². The summed E-state index contributed by atoms with van der Waals surface area (Å²) in [6.45, 7) is 4.77. The first-order chi connectivity index (χ1) is 45.4. The number of H-pyrrole nitrogens is 1. The summed E-state index contributed by atoms with van der Waals surface area (Å²) in [5, 5.41) is 43.7. The number of carbonyl (C=O) groups excluding carboxylic acids is 9. The van der Waals surface area contributed by atoms with Gasteiger partial charge in [0.25, 0.3) is 23.6 Å². The zero-order chi connectivity index (χ0) is 68.6. The number of phenols is 1. The first kappa shape index (κ1) is 70.7. The molecule has 5 atom stereocenters. The van der Waals surface area contributed by atoms with Crippen LogP contribution in [-0.2, 0) is 40.1 Å². The van der Waals surface area contributed by atoms with Crippen LogP contribution in [0.15, 0.2) is 103 Å². The number of amides is 9. The summed E-state index contributed by atoms with van der Waals surface area (Å²) < 4.78 is 17.0. The molecule has 13 N–H and O–H groups in total. The molecule has 2 aliphatic heterocycles. The number of aromatic nitrogens is 2. The van der Waals surface area contributed by atoms with E-state index >= 15 is 0 Å². The highest BCUT2D eigenvalue weighted by molar-refractivity contribution is 6.20. The Balaban J connectivity index is 0.906. The van der Waals surface area contributed by atoms with E-state index in [4.69, 9.17) is 37.3 Å². The van der Waals surface area contributed by atoms with Gasteiger partial charge in [0, 0.05) is 85.3 Å². The van der Waals surface area contributed by atoms with E-state index < -0.39 is 90.1 Å². The standard InChI is InChI=1S/C65H76ClN13O16/c1-36(2)55(75-63(90)93-28-27-78-51(81)21-22-52(78)82)59(85)74-47(12-8-23-69-62(68)89)58(84)71-42-17-13-38(14-18-42)35-94-64(91)76(4)25-26-77(24-6-5-11-46(67)61(87)88)65(92)95-50-31-49-54(53-37(3)9-7-10-45(50)53)41(32-66)34-79(49)60(86)48-30-40-29-43(33-70-56(40)73-48)72-57(83)39-15-19-44(80)20-16-39/h7,9-10,13-22,29-31,33,36,41,46-47,55,62,69,80,89H,5-6,8,11-12,23-28,32,34-35,67-68H2,1-4H3,(H,70,73)(H,71,84)(H,72,83)(H,74,85)(H,75,90)(H,87,88)/t41-,46+,47+,55+,62?/m1/s1. The van der Waals surface area contributed by atoms with Gasteiger partial charge in [-0.3, -0.25) is 49.5 Å². The number of aliphatic hydroxyl groups excluding tert-OH is 1. The number of nitrogens with one attached hydrogen (secondary N) is 6. The second-order valence-corrected chi connectivity index (χ2v) is 23.5. The fourth-order valence-electron chi connectivity index (χ4n) is 10.7. The van der Waals surface area contributed by atoms with Crippen molar-refractivity contribution in [1.82, 2.24) is 40.6 Å². The molecule has 2 aliphatic rings. The molecular formula is C65H76ClN13O16. The largest absolute Gasteiger partial charge is 0.508 e. The van der Waals surface area contributed by atoms with E-state index in [1.54, 1.807) is 67.3 Å². The van der Waals surface area contributed by atoms with E-state index in [9.17, 15) is 63.3 Å². The number of likely N-dealkylation sites (N-methyl/N-ethyl adjacent to an activating group) is 1. The van der Waals surface area contributed by atoms with Crippen LogP contribution in [0.1, 0.15) is 89.4 Å². The highest BCUT2D eigenvalue weighted by Gasteiger charge is 2.37. The van der Waals surface area contributed by atoms with Crippen LogP contribution in [-0.4, -0.2) is 183 Å². The Hall–Kier alpha value is -10.2. The van der Waals surface area contributed by atoms with Crippen molar-refractivity contribution in [2.75, 3.05) is 74.3 Å². The summed E-state index contributed by atoms with van der Waals surface area (Å²) in [5.74, 6) is -5.03. The summed E-state index contributed by atoms with van der Waals surface area (Å²) in [5.41, 5.74) is 15.3.